The van der Waals surface area contributed by atoms with Crippen molar-refractivity contribution in [3.05, 3.63) is 35.5 Å². The molecule has 0 aromatic carbocycles. The van der Waals surface area contributed by atoms with Gasteiger partial charge in [-0.2, -0.15) is 5.10 Å². The van der Waals surface area contributed by atoms with Gasteiger partial charge in [0.15, 0.2) is 11.5 Å². The van der Waals surface area contributed by atoms with E-state index in [1.165, 1.54) is 0 Å². The molecule has 2 saturated heterocycles. The van der Waals surface area contributed by atoms with Gasteiger partial charge in [0, 0.05) is 57.9 Å². The summed E-state index contributed by atoms with van der Waals surface area (Å²) in [5, 5.41) is 8.18. The molecule has 4 heterocycles. The lowest BCUT2D eigenvalue weighted by atomic mass is 9.96. The minimum atomic E-state index is -0.0995. The van der Waals surface area contributed by atoms with Crippen molar-refractivity contribution in [2.24, 2.45) is 11.8 Å². The summed E-state index contributed by atoms with van der Waals surface area (Å²) in [5.41, 5.74) is 1.41. The molecule has 1 atom stereocenters. The van der Waals surface area contributed by atoms with Crippen LogP contribution < -0.4 is 0 Å². The topological polar surface area (TPSA) is 93.7 Å². The molecule has 1 unspecified atom stereocenters. The minimum Gasteiger partial charge on any atom is -0.384 e. The van der Waals surface area contributed by atoms with Crippen molar-refractivity contribution < 1.29 is 18.8 Å². The Morgan fingerprint density at radius 3 is 2.80 bits per heavy atom. The summed E-state index contributed by atoms with van der Waals surface area (Å²) in [7, 11) is 1.68. The van der Waals surface area contributed by atoms with Crippen LogP contribution in [0.25, 0.3) is 0 Å². The number of amides is 2. The molecule has 0 spiro atoms. The van der Waals surface area contributed by atoms with Gasteiger partial charge in [-0.1, -0.05) is 5.16 Å². The fraction of sp³-hybridized carbons (Fsp3) is 0.619. The first-order valence-corrected chi connectivity index (χ1v) is 10.5. The molecule has 2 aromatic rings. The number of nitrogens with zero attached hydrogens (tertiary/aromatic N) is 5. The van der Waals surface area contributed by atoms with Crippen molar-refractivity contribution in [2.75, 3.05) is 39.9 Å². The average molecular weight is 415 g/mol. The van der Waals surface area contributed by atoms with Crippen molar-refractivity contribution in [1.29, 1.82) is 0 Å². The van der Waals surface area contributed by atoms with E-state index in [0.29, 0.717) is 56.0 Å². The first-order valence-electron chi connectivity index (χ1n) is 10.5. The summed E-state index contributed by atoms with van der Waals surface area (Å²) in [6.07, 6.45) is 6.05. The van der Waals surface area contributed by atoms with Crippen LogP contribution in [0.15, 0.2) is 23.0 Å². The Kier molecular flexibility index (Phi) is 6.17. The Labute approximate surface area is 175 Å². The molecule has 0 N–H and O–H groups in total. The zero-order chi connectivity index (χ0) is 21.1. The Bertz CT molecular complexity index is 884. The van der Waals surface area contributed by atoms with Crippen molar-refractivity contribution in [3.8, 4) is 0 Å². The summed E-state index contributed by atoms with van der Waals surface area (Å²) < 4.78 is 12.3. The predicted molar refractivity (Wildman–Crippen MR) is 108 cm³/mol. The van der Waals surface area contributed by atoms with Gasteiger partial charge in [-0.05, 0) is 31.2 Å². The quantitative estimate of drug-likeness (QED) is 0.682. The van der Waals surface area contributed by atoms with Crippen LogP contribution in [0.2, 0.25) is 0 Å². The number of rotatable bonds is 7. The number of methoxy groups -OCH3 is 1. The highest BCUT2D eigenvalue weighted by atomic mass is 16.5. The summed E-state index contributed by atoms with van der Waals surface area (Å²) in [5.74, 6) is 1.46. The maximum atomic E-state index is 12.8. The molecule has 4 rings (SSSR count). The van der Waals surface area contributed by atoms with Gasteiger partial charge in [0.1, 0.15) is 6.54 Å². The van der Waals surface area contributed by atoms with Crippen molar-refractivity contribution >= 4 is 11.8 Å². The van der Waals surface area contributed by atoms with Gasteiger partial charge < -0.3 is 19.1 Å². The summed E-state index contributed by atoms with van der Waals surface area (Å²) in [4.78, 5) is 28.8. The summed E-state index contributed by atoms with van der Waals surface area (Å²) >= 11 is 0. The zero-order valence-corrected chi connectivity index (χ0v) is 17.6. The SMILES string of the molecule is COCC1CC(=O)N(CC2CCN(C(=O)c3cc(Cn4cc(C)cn4)on3)CC2)C1. The van der Waals surface area contributed by atoms with E-state index in [-0.39, 0.29) is 11.8 Å². The maximum absolute atomic E-state index is 12.8. The lowest BCUT2D eigenvalue weighted by Gasteiger charge is -2.33. The Morgan fingerprint density at radius 2 is 2.10 bits per heavy atom. The molecule has 0 aliphatic carbocycles. The molecular formula is C21H29N5O4. The molecule has 30 heavy (non-hydrogen) atoms. The van der Waals surface area contributed by atoms with Crippen LogP contribution in [0.1, 0.15) is 41.1 Å². The highest BCUT2D eigenvalue weighted by Crippen LogP contribution is 2.24. The number of aromatic nitrogens is 3. The third-order valence-electron chi connectivity index (χ3n) is 5.94. The van der Waals surface area contributed by atoms with Crippen LogP contribution in [0.5, 0.6) is 0 Å². The lowest BCUT2D eigenvalue weighted by Crippen LogP contribution is -2.42. The molecule has 2 fully saturated rings. The number of hydrogen-bond donors (Lipinski definition) is 0. The van der Waals surface area contributed by atoms with E-state index in [2.05, 4.69) is 10.3 Å². The molecule has 9 nitrogen and oxygen atoms in total. The Morgan fingerprint density at radius 1 is 1.30 bits per heavy atom. The van der Waals surface area contributed by atoms with Crippen molar-refractivity contribution in [1.82, 2.24) is 24.7 Å². The second-order valence-corrected chi connectivity index (χ2v) is 8.45. The fourth-order valence-corrected chi connectivity index (χ4v) is 4.37. The monoisotopic (exact) mass is 415 g/mol. The lowest BCUT2D eigenvalue weighted by molar-refractivity contribution is -0.128. The van der Waals surface area contributed by atoms with Gasteiger partial charge in [-0.25, -0.2) is 0 Å². The summed E-state index contributed by atoms with van der Waals surface area (Å²) in [6.45, 7) is 5.96. The van der Waals surface area contributed by atoms with E-state index in [4.69, 9.17) is 9.26 Å². The molecule has 0 radical (unpaired) electrons. The van der Waals surface area contributed by atoms with E-state index >= 15 is 0 Å². The third kappa shape index (κ3) is 4.72. The molecular weight excluding hydrogens is 386 g/mol. The second kappa shape index (κ2) is 8.99. The van der Waals surface area contributed by atoms with Gasteiger partial charge in [-0.3, -0.25) is 14.3 Å². The maximum Gasteiger partial charge on any atom is 0.276 e. The molecule has 2 aromatic heterocycles. The smallest absolute Gasteiger partial charge is 0.276 e. The second-order valence-electron chi connectivity index (χ2n) is 8.45. The van der Waals surface area contributed by atoms with Crippen LogP contribution in [-0.4, -0.2) is 76.4 Å². The largest absolute Gasteiger partial charge is 0.384 e. The highest BCUT2D eigenvalue weighted by molar-refractivity contribution is 5.92. The van der Waals surface area contributed by atoms with Gasteiger partial charge in [0.05, 0.1) is 12.8 Å². The van der Waals surface area contributed by atoms with Gasteiger partial charge in [0.25, 0.3) is 5.91 Å². The Balaban J connectivity index is 1.26. The van der Waals surface area contributed by atoms with E-state index < -0.39 is 0 Å². The molecule has 162 valence electrons. The minimum absolute atomic E-state index is 0.0995. The number of ether oxygens (including phenoxy) is 1. The highest BCUT2D eigenvalue weighted by Gasteiger charge is 2.33. The van der Waals surface area contributed by atoms with E-state index in [1.54, 1.807) is 24.1 Å². The number of carbonyl (C=O) groups excluding carboxylic acids is 2. The predicted octanol–water partition coefficient (Wildman–Crippen LogP) is 1.57. The summed E-state index contributed by atoms with van der Waals surface area (Å²) in [6, 6.07) is 1.70. The van der Waals surface area contributed by atoms with E-state index in [9.17, 15) is 9.59 Å². The third-order valence-corrected chi connectivity index (χ3v) is 5.94. The Hall–Kier alpha value is -2.68. The van der Waals surface area contributed by atoms with Crippen LogP contribution in [-0.2, 0) is 16.1 Å². The molecule has 2 aliphatic rings. The van der Waals surface area contributed by atoms with Crippen LogP contribution >= 0.6 is 0 Å². The number of aryl methyl sites for hydroxylation is 1. The van der Waals surface area contributed by atoms with Crippen molar-refractivity contribution in [2.45, 2.75) is 32.7 Å². The van der Waals surface area contributed by atoms with Gasteiger partial charge >= 0.3 is 0 Å². The van der Waals surface area contributed by atoms with Crippen LogP contribution in [0.3, 0.4) is 0 Å². The molecule has 2 amide bonds. The van der Waals surface area contributed by atoms with Crippen LogP contribution in [0, 0.1) is 18.8 Å². The van der Waals surface area contributed by atoms with E-state index in [0.717, 1.165) is 31.5 Å². The molecule has 0 bridgehead atoms. The average Bonchev–Trinajstić information content (AvgIpc) is 3.44. The van der Waals surface area contributed by atoms with Crippen molar-refractivity contribution in [3.63, 3.8) is 0 Å². The first-order chi connectivity index (χ1) is 14.5. The van der Waals surface area contributed by atoms with E-state index in [1.807, 2.05) is 22.9 Å². The molecule has 2 aliphatic heterocycles. The first kappa shape index (κ1) is 20.6. The number of likely N-dealkylation sites (tertiary alicyclic amines) is 2. The number of carbonyl (C=O) groups is 2. The van der Waals surface area contributed by atoms with Gasteiger partial charge in [0.2, 0.25) is 5.91 Å². The normalized spacial score (nSPS) is 20.3. The van der Waals surface area contributed by atoms with Crippen LogP contribution in [0.4, 0.5) is 0 Å². The number of piperidine rings is 1. The molecule has 0 saturated carbocycles. The standard InChI is InChI=1S/C21H29N5O4/c1-15-9-22-26(10-15)13-18-8-19(23-30-18)21(28)24-5-3-16(4-6-24)11-25-12-17(14-29-2)7-20(25)27/h8-10,16-17H,3-7,11-14H2,1-2H3. The zero-order valence-electron chi connectivity index (χ0n) is 17.6. The number of hydrogen-bond acceptors (Lipinski definition) is 6. The fourth-order valence-electron chi connectivity index (χ4n) is 4.37. The van der Waals surface area contributed by atoms with Gasteiger partial charge in [-0.15, -0.1) is 0 Å². The molecule has 9 heteroatoms.